The molecule has 8 rings (SSSR count). The van der Waals surface area contributed by atoms with Crippen LogP contribution in [0.2, 0.25) is 0 Å². The Bertz CT molecular complexity index is 2130. The number of furan rings is 1. The van der Waals surface area contributed by atoms with Crippen molar-refractivity contribution < 1.29 is 4.42 Å². The summed E-state index contributed by atoms with van der Waals surface area (Å²) in [6.45, 7) is 0. The summed E-state index contributed by atoms with van der Waals surface area (Å²) in [6, 6.07) is 42.7. The smallest absolute Gasteiger partial charge is 0.164 e. The van der Waals surface area contributed by atoms with E-state index in [4.69, 9.17) is 19.4 Å². The van der Waals surface area contributed by atoms with Gasteiger partial charge in [0.15, 0.2) is 17.5 Å². The Labute approximate surface area is 235 Å². The number of fused-ring (bicyclic) bond motifs is 4. The topological polar surface area (TPSA) is 64.7 Å². The van der Waals surface area contributed by atoms with Crippen molar-refractivity contribution in [3.05, 3.63) is 134 Å². The molecule has 0 atom stereocenters. The van der Waals surface area contributed by atoms with Gasteiger partial charge < -0.3 is 4.42 Å². The van der Waals surface area contributed by atoms with Gasteiger partial charge in [-0.3, -0.25) is 4.98 Å². The molecule has 5 nitrogen and oxygen atoms in total. The van der Waals surface area contributed by atoms with Gasteiger partial charge in [-0.2, -0.15) is 0 Å². The number of aromatic nitrogens is 4. The maximum atomic E-state index is 6.64. The van der Waals surface area contributed by atoms with Gasteiger partial charge >= 0.3 is 0 Å². The highest BCUT2D eigenvalue weighted by molar-refractivity contribution is 6.18. The Balaban J connectivity index is 1.46. The average Bonchev–Trinajstić information content (AvgIpc) is 3.42. The monoisotopic (exact) mass is 526 g/mol. The Kier molecular flexibility index (Phi) is 5.38. The normalized spacial score (nSPS) is 11.4. The molecule has 8 aromatic rings. The van der Waals surface area contributed by atoms with Crippen molar-refractivity contribution in [2.75, 3.05) is 0 Å². The zero-order chi connectivity index (χ0) is 27.2. The van der Waals surface area contributed by atoms with Crippen molar-refractivity contribution >= 4 is 32.8 Å². The minimum Gasteiger partial charge on any atom is -0.455 e. The zero-order valence-corrected chi connectivity index (χ0v) is 21.9. The number of rotatable bonds is 4. The quantitative estimate of drug-likeness (QED) is 0.229. The predicted molar refractivity (Wildman–Crippen MR) is 164 cm³/mol. The van der Waals surface area contributed by atoms with Gasteiger partial charge in [-0.25, -0.2) is 15.0 Å². The van der Waals surface area contributed by atoms with Gasteiger partial charge in [0.05, 0.1) is 5.52 Å². The minimum absolute atomic E-state index is 0.589. The van der Waals surface area contributed by atoms with Crippen LogP contribution in [-0.2, 0) is 0 Å². The first-order chi connectivity index (χ1) is 20.3. The molecule has 0 radical (unpaired) electrons. The Morgan fingerprint density at radius 3 is 1.73 bits per heavy atom. The molecule has 0 saturated heterocycles. The molecule has 3 heterocycles. The van der Waals surface area contributed by atoms with E-state index in [-0.39, 0.29) is 0 Å². The van der Waals surface area contributed by atoms with Crippen molar-refractivity contribution in [1.29, 1.82) is 0 Å². The van der Waals surface area contributed by atoms with E-state index in [2.05, 4.69) is 47.4 Å². The van der Waals surface area contributed by atoms with Gasteiger partial charge in [0, 0.05) is 44.6 Å². The van der Waals surface area contributed by atoms with Crippen LogP contribution in [0.1, 0.15) is 0 Å². The van der Waals surface area contributed by atoms with Crippen LogP contribution in [0.5, 0.6) is 0 Å². The SMILES string of the molecule is c1ccc(-c2nc(-c3ccccc3)nc(-c3ccc(-c4ccccc4)c4oc5cc6cccnc6cc5c34)n2)cc1. The van der Waals surface area contributed by atoms with E-state index in [0.29, 0.717) is 17.5 Å². The third kappa shape index (κ3) is 4.03. The van der Waals surface area contributed by atoms with Gasteiger partial charge in [-0.15, -0.1) is 0 Å². The molecule has 192 valence electrons. The number of hydrogen-bond acceptors (Lipinski definition) is 5. The summed E-state index contributed by atoms with van der Waals surface area (Å²) in [5.41, 5.74) is 7.33. The molecule has 3 aromatic heterocycles. The second kappa shape index (κ2) is 9.50. The van der Waals surface area contributed by atoms with E-state index >= 15 is 0 Å². The molecule has 0 amide bonds. The van der Waals surface area contributed by atoms with Crippen molar-refractivity contribution in [2.45, 2.75) is 0 Å². The maximum Gasteiger partial charge on any atom is 0.164 e. The van der Waals surface area contributed by atoms with E-state index in [0.717, 1.165) is 60.7 Å². The molecule has 0 aliphatic carbocycles. The summed E-state index contributed by atoms with van der Waals surface area (Å²) in [5, 5.41) is 2.96. The summed E-state index contributed by atoms with van der Waals surface area (Å²) in [4.78, 5) is 19.5. The largest absolute Gasteiger partial charge is 0.455 e. The highest BCUT2D eigenvalue weighted by Gasteiger charge is 2.21. The molecule has 0 N–H and O–H groups in total. The van der Waals surface area contributed by atoms with Crippen LogP contribution in [0.3, 0.4) is 0 Å². The van der Waals surface area contributed by atoms with Crippen molar-refractivity contribution in [3.8, 4) is 45.3 Å². The summed E-state index contributed by atoms with van der Waals surface area (Å²) in [6.07, 6.45) is 1.82. The van der Waals surface area contributed by atoms with Crippen LogP contribution in [0.25, 0.3) is 78.1 Å². The first kappa shape index (κ1) is 23.2. The summed E-state index contributed by atoms with van der Waals surface area (Å²) in [7, 11) is 0. The highest BCUT2D eigenvalue weighted by Crippen LogP contribution is 2.42. The highest BCUT2D eigenvalue weighted by atomic mass is 16.3. The lowest BCUT2D eigenvalue weighted by Gasteiger charge is -2.11. The van der Waals surface area contributed by atoms with Gasteiger partial charge in [0.2, 0.25) is 0 Å². The summed E-state index contributed by atoms with van der Waals surface area (Å²) in [5.74, 6) is 1.83. The lowest BCUT2D eigenvalue weighted by molar-refractivity contribution is 0.670. The molecule has 5 aromatic carbocycles. The van der Waals surface area contributed by atoms with Gasteiger partial charge in [-0.05, 0) is 35.9 Å². The van der Waals surface area contributed by atoms with Gasteiger partial charge in [0.25, 0.3) is 0 Å². The van der Waals surface area contributed by atoms with Gasteiger partial charge in [-0.1, -0.05) is 97.1 Å². The average molecular weight is 527 g/mol. The Hall–Kier alpha value is -5.68. The maximum absolute atomic E-state index is 6.64. The van der Waals surface area contributed by atoms with Crippen molar-refractivity contribution in [2.24, 2.45) is 0 Å². The molecule has 0 unspecified atom stereocenters. The van der Waals surface area contributed by atoms with Crippen LogP contribution in [0.15, 0.2) is 138 Å². The molecular weight excluding hydrogens is 504 g/mol. The molecular formula is C36H22N4O. The fraction of sp³-hybridized carbons (Fsp3) is 0. The van der Waals surface area contributed by atoms with Crippen LogP contribution in [-0.4, -0.2) is 19.9 Å². The van der Waals surface area contributed by atoms with E-state index < -0.39 is 0 Å². The zero-order valence-electron chi connectivity index (χ0n) is 21.9. The van der Waals surface area contributed by atoms with Crippen LogP contribution in [0.4, 0.5) is 0 Å². The molecule has 0 aliphatic rings. The Morgan fingerprint density at radius 2 is 1.07 bits per heavy atom. The van der Waals surface area contributed by atoms with Crippen molar-refractivity contribution in [3.63, 3.8) is 0 Å². The number of benzene rings is 5. The fourth-order valence-electron chi connectivity index (χ4n) is 5.41. The molecule has 0 bridgehead atoms. The standard InChI is InChI=1S/C36H22N4O/c1-4-11-23(12-5-1)27-18-19-28(32-29-22-30-26(17-10-20-37-30)21-31(29)41-33(27)32)36-39-34(24-13-6-2-7-14-24)38-35(40-36)25-15-8-3-9-16-25/h1-22H. The fourth-order valence-corrected chi connectivity index (χ4v) is 5.41. The predicted octanol–water partition coefficient (Wildman–Crippen LogP) is 8.99. The first-order valence-electron chi connectivity index (χ1n) is 13.5. The lowest BCUT2D eigenvalue weighted by Crippen LogP contribution is -2.00. The van der Waals surface area contributed by atoms with Crippen molar-refractivity contribution in [1.82, 2.24) is 19.9 Å². The molecule has 41 heavy (non-hydrogen) atoms. The summed E-state index contributed by atoms with van der Waals surface area (Å²) >= 11 is 0. The van der Waals surface area contributed by atoms with E-state index in [1.165, 1.54) is 0 Å². The molecule has 5 heteroatoms. The third-order valence-corrected chi connectivity index (χ3v) is 7.37. The number of hydrogen-bond donors (Lipinski definition) is 0. The number of nitrogens with zero attached hydrogens (tertiary/aromatic N) is 4. The second-order valence-electron chi connectivity index (χ2n) is 9.92. The van der Waals surface area contributed by atoms with Crippen LogP contribution >= 0.6 is 0 Å². The van der Waals surface area contributed by atoms with E-state index in [1.54, 1.807) is 0 Å². The molecule has 0 fully saturated rings. The third-order valence-electron chi connectivity index (χ3n) is 7.37. The lowest BCUT2D eigenvalue weighted by atomic mass is 9.97. The molecule has 0 aliphatic heterocycles. The summed E-state index contributed by atoms with van der Waals surface area (Å²) < 4.78 is 6.64. The minimum atomic E-state index is 0.589. The van der Waals surface area contributed by atoms with Crippen LogP contribution in [0, 0.1) is 0 Å². The molecule has 0 saturated carbocycles. The van der Waals surface area contributed by atoms with Gasteiger partial charge in [0.1, 0.15) is 11.2 Å². The number of pyridine rings is 1. The van der Waals surface area contributed by atoms with Crippen LogP contribution < -0.4 is 0 Å². The Morgan fingerprint density at radius 1 is 0.488 bits per heavy atom. The second-order valence-corrected chi connectivity index (χ2v) is 9.92. The van der Waals surface area contributed by atoms with E-state index in [1.807, 2.05) is 91.1 Å². The van der Waals surface area contributed by atoms with E-state index in [9.17, 15) is 0 Å². The first-order valence-corrected chi connectivity index (χ1v) is 13.5. The molecule has 0 spiro atoms.